The fourth-order valence-corrected chi connectivity index (χ4v) is 2.66. The highest BCUT2D eigenvalue weighted by Crippen LogP contribution is 2.24. The number of carbonyl (C=O) groups is 1. The van der Waals surface area contributed by atoms with Crippen LogP contribution in [-0.4, -0.2) is 35.1 Å². The Morgan fingerprint density at radius 1 is 1.35 bits per heavy atom. The first-order valence-electron chi connectivity index (χ1n) is 5.49. The number of benzene rings is 1. The summed E-state index contributed by atoms with van der Waals surface area (Å²) in [5, 5.41) is 10.1. The maximum atomic E-state index is 12.2. The topological polar surface area (TPSA) is 40.5 Å². The van der Waals surface area contributed by atoms with Gasteiger partial charge in [-0.15, -0.1) is 0 Å². The van der Waals surface area contributed by atoms with Gasteiger partial charge >= 0.3 is 0 Å². The van der Waals surface area contributed by atoms with Crippen LogP contribution in [0.5, 0.6) is 0 Å². The molecule has 92 valence electrons. The molecule has 1 aromatic rings. The van der Waals surface area contributed by atoms with E-state index in [1.54, 1.807) is 23.1 Å². The van der Waals surface area contributed by atoms with E-state index in [9.17, 15) is 9.90 Å². The lowest BCUT2D eigenvalue weighted by atomic mass is 10.1. The van der Waals surface area contributed by atoms with Crippen molar-refractivity contribution in [1.82, 2.24) is 4.90 Å². The molecule has 1 aliphatic rings. The number of halogens is 2. The molecule has 0 bridgehead atoms. The smallest absolute Gasteiger partial charge is 0.254 e. The van der Waals surface area contributed by atoms with E-state index < -0.39 is 0 Å². The minimum absolute atomic E-state index is 0.0000376. The van der Waals surface area contributed by atoms with E-state index in [-0.39, 0.29) is 18.6 Å². The number of hydrogen-bond acceptors (Lipinski definition) is 2. The molecule has 1 N–H and O–H groups in total. The van der Waals surface area contributed by atoms with Crippen molar-refractivity contribution in [3.8, 4) is 0 Å². The zero-order valence-electron chi connectivity index (χ0n) is 9.20. The molecule has 0 radical (unpaired) electrons. The Morgan fingerprint density at radius 3 is 2.59 bits per heavy atom. The van der Waals surface area contributed by atoms with Crippen LogP contribution < -0.4 is 0 Å². The molecule has 1 atom stereocenters. The Hall–Kier alpha value is -0.770. The van der Waals surface area contributed by atoms with Gasteiger partial charge in [-0.25, -0.2) is 0 Å². The molecule has 1 aliphatic heterocycles. The zero-order valence-corrected chi connectivity index (χ0v) is 10.7. The molecule has 17 heavy (non-hydrogen) atoms. The lowest BCUT2D eigenvalue weighted by Gasteiger charge is -2.23. The molecular formula is C12H13Cl2NO2. The highest BCUT2D eigenvalue weighted by atomic mass is 35.5. The number of aliphatic hydroxyl groups excluding tert-OH is 1. The SMILES string of the molecule is O=C(c1cc(Cl)cc(Cl)c1)N1CCC[C@@H]1CO. The highest BCUT2D eigenvalue weighted by Gasteiger charge is 2.28. The number of amides is 1. The molecule has 0 spiro atoms. The molecule has 0 aliphatic carbocycles. The van der Waals surface area contributed by atoms with E-state index in [4.69, 9.17) is 23.2 Å². The van der Waals surface area contributed by atoms with Gasteiger partial charge in [0.1, 0.15) is 0 Å². The van der Waals surface area contributed by atoms with Gasteiger partial charge in [-0.3, -0.25) is 4.79 Å². The molecule has 1 aromatic carbocycles. The molecule has 1 saturated heterocycles. The Kier molecular flexibility index (Phi) is 3.92. The van der Waals surface area contributed by atoms with Gasteiger partial charge in [0, 0.05) is 22.2 Å². The Balaban J connectivity index is 2.24. The van der Waals surface area contributed by atoms with Crippen molar-refractivity contribution in [2.75, 3.05) is 13.2 Å². The summed E-state index contributed by atoms with van der Waals surface area (Å²) in [6, 6.07) is 4.71. The van der Waals surface area contributed by atoms with Crippen LogP contribution in [0.1, 0.15) is 23.2 Å². The number of hydrogen-bond donors (Lipinski definition) is 1. The predicted octanol–water partition coefficient (Wildman–Crippen LogP) is 2.59. The molecule has 0 unspecified atom stereocenters. The standard InChI is InChI=1S/C12H13Cl2NO2/c13-9-4-8(5-10(14)6-9)12(17)15-3-1-2-11(15)7-16/h4-6,11,16H,1-3,7H2/t11-/m1/s1. The van der Waals surface area contributed by atoms with Crippen molar-refractivity contribution in [2.24, 2.45) is 0 Å². The lowest BCUT2D eigenvalue weighted by Crippen LogP contribution is -2.37. The molecule has 1 amide bonds. The minimum Gasteiger partial charge on any atom is -0.394 e. The molecule has 0 aromatic heterocycles. The fourth-order valence-electron chi connectivity index (χ4n) is 2.14. The number of carbonyl (C=O) groups excluding carboxylic acids is 1. The van der Waals surface area contributed by atoms with Crippen molar-refractivity contribution in [2.45, 2.75) is 18.9 Å². The zero-order chi connectivity index (χ0) is 12.4. The van der Waals surface area contributed by atoms with Crippen LogP contribution in [0, 0.1) is 0 Å². The van der Waals surface area contributed by atoms with Crippen LogP contribution in [-0.2, 0) is 0 Å². The summed E-state index contributed by atoms with van der Waals surface area (Å²) in [5.74, 6) is -0.119. The largest absolute Gasteiger partial charge is 0.394 e. The van der Waals surface area contributed by atoms with Crippen molar-refractivity contribution in [1.29, 1.82) is 0 Å². The number of likely N-dealkylation sites (tertiary alicyclic amines) is 1. The van der Waals surface area contributed by atoms with Crippen LogP contribution in [0.3, 0.4) is 0 Å². The van der Waals surface area contributed by atoms with Crippen LogP contribution in [0.15, 0.2) is 18.2 Å². The Labute approximate surface area is 110 Å². The number of rotatable bonds is 2. The second kappa shape index (κ2) is 5.25. The first-order valence-corrected chi connectivity index (χ1v) is 6.25. The molecule has 1 heterocycles. The molecule has 3 nitrogen and oxygen atoms in total. The van der Waals surface area contributed by atoms with E-state index in [0.717, 1.165) is 12.8 Å². The molecule has 0 saturated carbocycles. The van der Waals surface area contributed by atoms with Crippen LogP contribution in [0.25, 0.3) is 0 Å². The molecule has 5 heteroatoms. The summed E-state index contributed by atoms with van der Waals surface area (Å²) >= 11 is 11.7. The van der Waals surface area contributed by atoms with Gasteiger partial charge in [0.15, 0.2) is 0 Å². The van der Waals surface area contributed by atoms with Crippen LogP contribution >= 0.6 is 23.2 Å². The highest BCUT2D eigenvalue weighted by molar-refractivity contribution is 6.35. The third-order valence-corrected chi connectivity index (χ3v) is 3.39. The monoisotopic (exact) mass is 273 g/mol. The van der Waals surface area contributed by atoms with Gasteiger partial charge in [-0.05, 0) is 31.0 Å². The van der Waals surface area contributed by atoms with Gasteiger partial charge in [0.2, 0.25) is 0 Å². The van der Waals surface area contributed by atoms with Crippen molar-refractivity contribution >= 4 is 29.1 Å². The summed E-state index contributed by atoms with van der Waals surface area (Å²) in [6.45, 7) is 0.675. The first kappa shape index (κ1) is 12.7. The average Bonchev–Trinajstić information content (AvgIpc) is 2.74. The second-order valence-corrected chi connectivity index (χ2v) is 5.01. The summed E-state index contributed by atoms with van der Waals surface area (Å²) in [4.78, 5) is 13.9. The minimum atomic E-state index is -0.119. The van der Waals surface area contributed by atoms with Crippen molar-refractivity contribution in [3.63, 3.8) is 0 Å². The van der Waals surface area contributed by atoms with E-state index in [1.807, 2.05) is 0 Å². The third-order valence-electron chi connectivity index (χ3n) is 2.96. The summed E-state index contributed by atoms with van der Waals surface area (Å²) in [5.41, 5.74) is 0.475. The normalized spacial score (nSPS) is 19.7. The lowest BCUT2D eigenvalue weighted by molar-refractivity contribution is 0.0677. The Bertz CT molecular complexity index is 416. The quantitative estimate of drug-likeness (QED) is 0.900. The van der Waals surface area contributed by atoms with E-state index in [2.05, 4.69) is 0 Å². The average molecular weight is 274 g/mol. The predicted molar refractivity (Wildman–Crippen MR) is 67.6 cm³/mol. The van der Waals surface area contributed by atoms with Gasteiger partial charge in [-0.2, -0.15) is 0 Å². The van der Waals surface area contributed by atoms with E-state index in [1.165, 1.54) is 0 Å². The third kappa shape index (κ3) is 2.73. The van der Waals surface area contributed by atoms with Crippen LogP contribution in [0.2, 0.25) is 10.0 Å². The number of aliphatic hydroxyl groups is 1. The molecule has 1 fully saturated rings. The van der Waals surface area contributed by atoms with Gasteiger partial charge in [0.05, 0.1) is 12.6 Å². The van der Waals surface area contributed by atoms with E-state index >= 15 is 0 Å². The fraction of sp³-hybridized carbons (Fsp3) is 0.417. The second-order valence-electron chi connectivity index (χ2n) is 4.14. The van der Waals surface area contributed by atoms with Crippen LogP contribution in [0.4, 0.5) is 0 Å². The first-order chi connectivity index (χ1) is 8.11. The summed E-state index contributed by atoms with van der Waals surface area (Å²) in [7, 11) is 0. The van der Waals surface area contributed by atoms with Crippen molar-refractivity contribution < 1.29 is 9.90 Å². The number of nitrogens with zero attached hydrogens (tertiary/aromatic N) is 1. The maximum Gasteiger partial charge on any atom is 0.254 e. The van der Waals surface area contributed by atoms with Crippen molar-refractivity contribution in [3.05, 3.63) is 33.8 Å². The van der Waals surface area contributed by atoms with E-state index in [0.29, 0.717) is 22.2 Å². The van der Waals surface area contributed by atoms with Gasteiger partial charge < -0.3 is 10.0 Å². The van der Waals surface area contributed by atoms with Gasteiger partial charge in [0.25, 0.3) is 5.91 Å². The Morgan fingerprint density at radius 2 is 2.00 bits per heavy atom. The summed E-state index contributed by atoms with van der Waals surface area (Å²) in [6.07, 6.45) is 1.77. The molecular weight excluding hydrogens is 261 g/mol. The maximum absolute atomic E-state index is 12.2. The molecule has 2 rings (SSSR count). The summed E-state index contributed by atoms with van der Waals surface area (Å²) < 4.78 is 0. The van der Waals surface area contributed by atoms with Gasteiger partial charge in [-0.1, -0.05) is 23.2 Å².